The minimum absolute atomic E-state index is 0. The van der Waals surface area contributed by atoms with Gasteiger partial charge in [-0.2, -0.15) is 0 Å². The second-order valence-corrected chi connectivity index (χ2v) is 5.35. The van der Waals surface area contributed by atoms with Gasteiger partial charge in [-0.25, -0.2) is 9.59 Å². The van der Waals surface area contributed by atoms with Crippen molar-refractivity contribution in [3.8, 4) is 0 Å². The molecule has 1 aromatic carbocycles. The Morgan fingerprint density at radius 2 is 1.73 bits per heavy atom. The largest absolute Gasteiger partial charge is 1.00 e. The maximum atomic E-state index is 12.7. The van der Waals surface area contributed by atoms with Crippen LogP contribution in [0.3, 0.4) is 0 Å². The first-order valence-electron chi connectivity index (χ1n) is 5.97. The Bertz CT molecular complexity index is 572. The maximum Gasteiger partial charge on any atom is 1.00 e. The molecule has 0 aliphatic heterocycles. The first-order chi connectivity index (χ1) is 9.38. The van der Waals surface area contributed by atoms with Crippen LogP contribution in [0, 0.1) is 0 Å². The van der Waals surface area contributed by atoms with Crippen LogP contribution in [-0.4, -0.2) is 29.7 Å². The zero-order valence-corrected chi connectivity index (χ0v) is 15.7. The van der Waals surface area contributed by atoms with Gasteiger partial charge in [0.05, 0.1) is 5.56 Å². The zero-order chi connectivity index (χ0) is 16.4. The van der Waals surface area contributed by atoms with E-state index >= 15 is 0 Å². The van der Waals surface area contributed by atoms with Crippen molar-refractivity contribution in [1.29, 1.82) is 0 Å². The Morgan fingerprint density at radius 3 is 2.14 bits per heavy atom. The number of halogens is 3. The van der Waals surface area contributed by atoms with Crippen LogP contribution >= 0.6 is 0 Å². The van der Waals surface area contributed by atoms with Crippen molar-refractivity contribution in [3.63, 3.8) is 0 Å². The summed E-state index contributed by atoms with van der Waals surface area (Å²) in [5.74, 6) is -1.52. The molecule has 10 heteroatoms. The van der Waals surface area contributed by atoms with E-state index in [0.29, 0.717) is 12.1 Å². The molecule has 0 aromatic heterocycles. The van der Waals surface area contributed by atoms with Crippen molar-refractivity contribution < 1.29 is 83.8 Å². The van der Waals surface area contributed by atoms with Gasteiger partial charge in [-0.1, -0.05) is 12.1 Å². The third kappa shape index (κ3) is 7.14. The molecule has 0 unspecified atom stereocenters. The summed E-state index contributed by atoms with van der Waals surface area (Å²) in [6.07, 6.45) is -0.967. The van der Waals surface area contributed by atoms with Gasteiger partial charge in [0.2, 0.25) is 0 Å². The molecule has 0 aliphatic rings. The van der Waals surface area contributed by atoms with E-state index in [9.17, 15) is 22.5 Å². The number of amides is 1. The number of carboxylic acids is 1. The van der Waals surface area contributed by atoms with E-state index in [1.54, 1.807) is 20.8 Å². The SMILES string of the molecule is CC(C)(C)OC(=O)Nc1cc(C(=O)O)cc([B-](F)(F)F)c1.[K+]. The molecule has 0 atom stereocenters. The van der Waals surface area contributed by atoms with Crippen molar-refractivity contribution in [3.05, 3.63) is 23.8 Å². The van der Waals surface area contributed by atoms with Gasteiger partial charge in [0, 0.05) is 5.69 Å². The predicted molar refractivity (Wildman–Crippen MR) is 72.0 cm³/mol. The van der Waals surface area contributed by atoms with E-state index in [-0.39, 0.29) is 57.1 Å². The molecule has 116 valence electrons. The number of anilines is 1. The Kier molecular flexibility index (Phi) is 7.63. The number of hydrogen-bond donors (Lipinski definition) is 2. The summed E-state index contributed by atoms with van der Waals surface area (Å²) in [4.78, 5) is 22.4. The molecule has 1 rings (SSSR count). The van der Waals surface area contributed by atoms with Gasteiger partial charge in [0.25, 0.3) is 0 Å². The minimum Gasteiger partial charge on any atom is -0.478 e. The number of hydrogen-bond acceptors (Lipinski definition) is 3. The van der Waals surface area contributed by atoms with Gasteiger partial charge in [-0.3, -0.25) is 5.32 Å². The van der Waals surface area contributed by atoms with E-state index in [0.717, 1.165) is 6.07 Å². The van der Waals surface area contributed by atoms with Gasteiger partial charge in [-0.05, 0) is 26.8 Å². The maximum absolute atomic E-state index is 12.7. The van der Waals surface area contributed by atoms with E-state index in [2.05, 4.69) is 5.32 Å². The van der Waals surface area contributed by atoms with Crippen molar-refractivity contribution in [1.82, 2.24) is 0 Å². The van der Waals surface area contributed by atoms with Crippen LogP contribution < -0.4 is 62.2 Å². The van der Waals surface area contributed by atoms with Crippen molar-refractivity contribution in [2.45, 2.75) is 26.4 Å². The smallest absolute Gasteiger partial charge is 0.478 e. The molecule has 0 spiro atoms. The Balaban J connectivity index is 0.00000441. The summed E-state index contributed by atoms with van der Waals surface area (Å²) >= 11 is 0. The second-order valence-electron chi connectivity index (χ2n) is 5.35. The molecule has 1 amide bonds. The monoisotopic (exact) mass is 343 g/mol. The molecule has 0 aliphatic carbocycles. The van der Waals surface area contributed by atoms with E-state index in [1.165, 1.54) is 0 Å². The minimum atomic E-state index is -5.39. The van der Waals surface area contributed by atoms with Crippen molar-refractivity contribution in [2.75, 3.05) is 5.32 Å². The molecule has 0 radical (unpaired) electrons. The van der Waals surface area contributed by atoms with Gasteiger partial charge in [0.15, 0.2) is 0 Å². The van der Waals surface area contributed by atoms with Gasteiger partial charge in [-0.15, -0.1) is 5.46 Å². The van der Waals surface area contributed by atoms with Crippen LogP contribution in [0.15, 0.2) is 18.2 Å². The fraction of sp³-hybridized carbons (Fsp3) is 0.333. The second kappa shape index (κ2) is 7.82. The Labute approximate surface area is 168 Å². The van der Waals surface area contributed by atoms with Gasteiger partial charge in [0.1, 0.15) is 5.60 Å². The van der Waals surface area contributed by atoms with Gasteiger partial charge < -0.3 is 22.8 Å². The molecule has 0 saturated carbocycles. The quantitative estimate of drug-likeness (QED) is 0.745. The van der Waals surface area contributed by atoms with E-state index in [1.807, 2.05) is 0 Å². The molecule has 5 nitrogen and oxygen atoms in total. The van der Waals surface area contributed by atoms with Crippen LogP contribution in [0.2, 0.25) is 0 Å². The topological polar surface area (TPSA) is 75.6 Å². The van der Waals surface area contributed by atoms with Crippen LogP contribution in [0.1, 0.15) is 31.1 Å². The first-order valence-corrected chi connectivity index (χ1v) is 5.97. The fourth-order valence-corrected chi connectivity index (χ4v) is 1.46. The number of benzene rings is 1. The third-order valence-electron chi connectivity index (χ3n) is 2.23. The van der Waals surface area contributed by atoms with E-state index < -0.39 is 35.7 Å². The Morgan fingerprint density at radius 1 is 1.18 bits per heavy atom. The molecule has 0 heterocycles. The Hall–Kier alpha value is -0.549. The number of ether oxygens (including phenoxy) is 1. The number of carbonyl (C=O) groups is 2. The van der Waals surface area contributed by atoms with Crippen LogP contribution in [0.5, 0.6) is 0 Å². The first kappa shape index (κ1) is 21.5. The zero-order valence-electron chi connectivity index (χ0n) is 12.6. The average molecular weight is 343 g/mol. The number of rotatable bonds is 3. The summed E-state index contributed by atoms with van der Waals surface area (Å²) in [5, 5.41) is 10.9. The number of carboxylic acid groups (broad SMARTS) is 1. The van der Waals surface area contributed by atoms with E-state index in [4.69, 9.17) is 9.84 Å². The molecule has 0 saturated heterocycles. The number of nitrogens with one attached hydrogen (secondary N) is 1. The van der Waals surface area contributed by atoms with Crippen molar-refractivity contribution in [2.24, 2.45) is 0 Å². The fourth-order valence-electron chi connectivity index (χ4n) is 1.46. The summed E-state index contributed by atoms with van der Waals surface area (Å²) in [7, 11) is 0. The summed E-state index contributed by atoms with van der Waals surface area (Å²) < 4.78 is 43.1. The molecule has 1 aromatic rings. The molecule has 0 fully saturated rings. The number of carbonyl (C=O) groups excluding carboxylic acids is 1. The van der Waals surface area contributed by atoms with Crippen LogP contribution in [-0.2, 0) is 4.74 Å². The summed E-state index contributed by atoms with van der Waals surface area (Å²) in [6, 6.07) is 2.11. The standard InChI is InChI=1S/C12H14BF3NO4.K/c1-12(2,3)21-11(20)17-9-5-7(10(18)19)4-8(6-9)13(14,15)16;/h4-6H,1-3H3,(H,17,20)(H,18,19);/q-1;+1. The van der Waals surface area contributed by atoms with Crippen molar-refractivity contribution >= 4 is 30.2 Å². The molecule has 2 N–H and O–H groups in total. The summed E-state index contributed by atoms with van der Waals surface area (Å²) in [6.45, 7) is -0.624. The molecular formula is C12H14BF3KNO4. The average Bonchev–Trinajstić information content (AvgIpc) is 2.24. The van der Waals surface area contributed by atoms with Gasteiger partial charge >= 0.3 is 70.4 Å². The predicted octanol–water partition coefficient (Wildman–Crippen LogP) is -0.210. The molecule has 22 heavy (non-hydrogen) atoms. The third-order valence-corrected chi connectivity index (χ3v) is 2.23. The normalized spacial score (nSPS) is 11.4. The molecular weight excluding hydrogens is 329 g/mol. The number of aromatic carboxylic acids is 1. The van der Waals surface area contributed by atoms with Crippen LogP contribution in [0.25, 0.3) is 0 Å². The van der Waals surface area contributed by atoms with Crippen LogP contribution in [0.4, 0.5) is 23.4 Å². The molecule has 0 bridgehead atoms. The summed E-state index contributed by atoms with van der Waals surface area (Å²) in [5.41, 5.74) is -2.80.